The van der Waals surface area contributed by atoms with Crippen molar-refractivity contribution < 1.29 is 19.0 Å². The Kier molecular flexibility index (Phi) is 11.3. The third-order valence-corrected chi connectivity index (χ3v) is 7.70. The van der Waals surface area contributed by atoms with Crippen LogP contribution in [0, 0.1) is 13.8 Å². The molecule has 0 spiro atoms. The molecule has 3 rings (SSSR count). The molecule has 0 saturated carbocycles. The van der Waals surface area contributed by atoms with Gasteiger partial charge >= 0.3 is 0 Å². The van der Waals surface area contributed by atoms with E-state index in [9.17, 15) is 4.79 Å². The van der Waals surface area contributed by atoms with Gasteiger partial charge < -0.3 is 24.4 Å². The zero-order valence-corrected chi connectivity index (χ0v) is 24.4. The largest absolute Gasteiger partial charge is 0.497 e. The maximum atomic E-state index is 12.9. The molecule has 0 bridgehead atoms. The lowest BCUT2D eigenvalue weighted by Crippen LogP contribution is -2.45. The highest BCUT2D eigenvalue weighted by molar-refractivity contribution is 5.79. The second-order valence-electron chi connectivity index (χ2n) is 10.7. The minimum atomic E-state index is 0.0447. The van der Waals surface area contributed by atoms with E-state index < -0.39 is 0 Å². The monoisotopic (exact) mass is 525 g/mol. The molecular formula is C31H47N3O4. The highest BCUT2D eigenvalue weighted by Gasteiger charge is 2.26. The van der Waals surface area contributed by atoms with Gasteiger partial charge in [0.1, 0.15) is 17.2 Å². The van der Waals surface area contributed by atoms with Crippen LogP contribution in [0.4, 0.5) is 0 Å². The highest BCUT2D eigenvalue weighted by Crippen LogP contribution is 2.32. The Hall–Kier alpha value is -2.77. The summed E-state index contributed by atoms with van der Waals surface area (Å²) >= 11 is 0. The van der Waals surface area contributed by atoms with Gasteiger partial charge in [0.05, 0.1) is 27.2 Å². The number of methoxy groups -OCH3 is 2. The summed E-state index contributed by atoms with van der Waals surface area (Å²) in [5, 5.41) is 3.26. The summed E-state index contributed by atoms with van der Waals surface area (Å²) in [6.45, 7) is 10.2. The Morgan fingerprint density at radius 3 is 2.39 bits per heavy atom. The van der Waals surface area contributed by atoms with E-state index in [4.69, 9.17) is 14.2 Å². The zero-order chi connectivity index (χ0) is 27.7. The fourth-order valence-corrected chi connectivity index (χ4v) is 5.24. The van der Waals surface area contributed by atoms with Crippen LogP contribution in [0.3, 0.4) is 0 Å². The topological polar surface area (TPSA) is 63.3 Å². The van der Waals surface area contributed by atoms with Crippen LogP contribution >= 0.6 is 0 Å². The number of nitrogens with zero attached hydrogens (tertiary/aromatic N) is 2. The van der Waals surface area contributed by atoms with Gasteiger partial charge in [-0.1, -0.05) is 6.07 Å². The molecule has 2 aromatic carbocycles. The number of piperidine rings is 1. The van der Waals surface area contributed by atoms with Gasteiger partial charge in [-0.25, -0.2) is 0 Å². The Morgan fingerprint density at radius 1 is 1.03 bits per heavy atom. The van der Waals surface area contributed by atoms with Crippen molar-refractivity contribution in [3.05, 3.63) is 52.6 Å². The first-order chi connectivity index (χ1) is 18.2. The molecule has 38 heavy (non-hydrogen) atoms. The second kappa shape index (κ2) is 14.4. The molecule has 7 heteroatoms. The standard InChI is InChI=1S/C31H47N3O4/c1-22-23(2)30(37-7)11-10-29(22)24(3)34-15-12-26(13-16-34)32-31(35)20-25-18-27(36-6)21-28(19-25)38-17-9-8-14-33(4)5/h10-11,18-19,21,24,26H,8-9,12-17,20H2,1-7H3,(H,32,35). The van der Waals surface area contributed by atoms with Gasteiger partial charge in [0.25, 0.3) is 0 Å². The van der Waals surface area contributed by atoms with Crippen molar-refractivity contribution in [1.82, 2.24) is 15.1 Å². The molecule has 0 aliphatic carbocycles. The predicted octanol–water partition coefficient (Wildman–Crippen LogP) is 4.93. The molecule has 2 aromatic rings. The number of likely N-dealkylation sites (tertiary alicyclic amines) is 1. The van der Waals surface area contributed by atoms with Gasteiger partial charge in [0, 0.05) is 31.2 Å². The predicted molar refractivity (Wildman–Crippen MR) is 154 cm³/mol. The summed E-state index contributed by atoms with van der Waals surface area (Å²) < 4.78 is 16.9. The summed E-state index contributed by atoms with van der Waals surface area (Å²) in [5.74, 6) is 2.45. The number of hydrogen-bond acceptors (Lipinski definition) is 6. The molecule has 1 fully saturated rings. The van der Waals surface area contributed by atoms with Gasteiger partial charge in [0.15, 0.2) is 0 Å². The van der Waals surface area contributed by atoms with E-state index in [1.807, 2.05) is 18.2 Å². The number of carbonyl (C=O) groups excluding carboxylic acids is 1. The molecule has 1 aliphatic rings. The van der Waals surface area contributed by atoms with E-state index in [0.29, 0.717) is 24.8 Å². The Labute approximate surface area is 229 Å². The first-order valence-corrected chi connectivity index (χ1v) is 13.8. The van der Waals surface area contributed by atoms with Crippen LogP contribution in [0.2, 0.25) is 0 Å². The van der Waals surface area contributed by atoms with Crippen molar-refractivity contribution in [2.75, 3.05) is 54.6 Å². The Morgan fingerprint density at radius 2 is 1.74 bits per heavy atom. The fraction of sp³-hybridized carbons (Fsp3) is 0.581. The SMILES string of the molecule is COc1cc(CC(=O)NC2CCN(C(C)c3ccc(OC)c(C)c3C)CC2)cc(OCCCCN(C)C)c1. The lowest BCUT2D eigenvalue weighted by atomic mass is 9.94. The molecule has 1 unspecified atom stereocenters. The van der Waals surface area contributed by atoms with Crippen LogP contribution in [0.25, 0.3) is 0 Å². The van der Waals surface area contributed by atoms with Gasteiger partial charge in [-0.3, -0.25) is 9.69 Å². The number of carbonyl (C=O) groups is 1. The number of unbranched alkanes of at least 4 members (excludes halogenated alkanes) is 1. The van der Waals surface area contributed by atoms with Crippen LogP contribution in [0.5, 0.6) is 17.2 Å². The maximum Gasteiger partial charge on any atom is 0.224 e. The van der Waals surface area contributed by atoms with Crippen molar-refractivity contribution >= 4 is 5.91 Å². The quantitative estimate of drug-likeness (QED) is 0.375. The van der Waals surface area contributed by atoms with Crippen LogP contribution in [0.1, 0.15) is 60.9 Å². The van der Waals surface area contributed by atoms with Crippen LogP contribution in [-0.2, 0) is 11.2 Å². The average molecular weight is 526 g/mol. The lowest BCUT2D eigenvalue weighted by Gasteiger charge is -2.37. The summed E-state index contributed by atoms with van der Waals surface area (Å²) in [6.07, 6.45) is 4.28. The zero-order valence-electron chi connectivity index (χ0n) is 24.4. The van der Waals surface area contributed by atoms with Gasteiger partial charge in [-0.05, 0) is 108 Å². The number of benzene rings is 2. The van der Waals surface area contributed by atoms with Crippen molar-refractivity contribution in [2.24, 2.45) is 0 Å². The van der Waals surface area contributed by atoms with Crippen LogP contribution in [0.15, 0.2) is 30.3 Å². The number of rotatable bonds is 13. The third-order valence-electron chi connectivity index (χ3n) is 7.70. The Bertz CT molecular complexity index is 1050. The Balaban J connectivity index is 1.50. The number of ether oxygens (including phenoxy) is 3. The minimum Gasteiger partial charge on any atom is -0.497 e. The maximum absolute atomic E-state index is 12.9. The van der Waals surface area contributed by atoms with E-state index in [1.165, 1.54) is 16.7 Å². The van der Waals surface area contributed by atoms with Crippen molar-refractivity contribution in [1.29, 1.82) is 0 Å². The van der Waals surface area contributed by atoms with Crippen molar-refractivity contribution in [2.45, 2.75) is 65.0 Å². The summed E-state index contributed by atoms with van der Waals surface area (Å²) in [7, 11) is 7.52. The van der Waals surface area contributed by atoms with Gasteiger partial charge in [0.2, 0.25) is 5.91 Å². The molecular weight excluding hydrogens is 478 g/mol. The lowest BCUT2D eigenvalue weighted by molar-refractivity contribution is -0.121. The summed E-state index contributed by atoms with van der Waals surface area (Å²) in [4.78, 5) is 17.6. The molecule has 1 atom stereocenters. The molecule has 0 radical (unpaired) electrons. The number of nitrogens with one attached hydrogen (secondary N) is 1. The van der Waals surface area contributed by atoms with Crippen LogP contribution < -0.4 is 19.5 Å². The van der Waals surface area contributed by atoms with E-state index in [-0.39, 0.29) is 11.9 Å². The molecule has 0 aromatic heterocycles. The molecule has 1 heterocycles. The van der Waals surface area contributed by atoms with Crippen molar-refractivity contribution in [3.63, 3.8) is 0 Å². The average Bonchev–Trinajstić information content (AvgIpc) is 2.89. The molecule has 7 nitrogen and oxygen atoms in total. The smallest absolute Gasteiger partial charge is 0.224 e. The van der Waals surface area contributed by atoms with E-state index in [0.717, 1.165) is 62.4 Å². The highest BCUT2D eigenvalue weighted by atomic mass is 16.5. The molecule has 1 aliphatic heterocycles. The fourth-order valence-electron chi connectivity index (χ4n) is 5.24. The first kappa shape index (κ1) is 29.8. The van der Waals surface area contributed by atoms with E-state index in [2.05, 4.69) is 62.1 Å². The number of amides is 1. The molecule has 1 amide bonds. The molecule has 1 N–H and O–H groups in total. The van der Waals surface area contributed by atoms with E-state index >= 15 is 0 Å². The minimum absolute atomic E-state index is 0.0447. The molecule has 210 valence electrons. The summed E-state index contributed by atoms with van der Waals surface area (Å²) in [5.41, 5.74) is 4.75. The van der Waals surface area contributed by atoms with E-state index in [1.54, 1.807) is 14.2 Å². The summed E-state index contributed by atoms with van der Waals surface area (Å²) in [6, 6.07) is 10.5. The normalized spacial score (nSPS) is 15.4. The third kappa shape index (κ3) is 8.37. The number of hydrogen-bond donors (Lipinski definition) is 1. The van der Waals surface area contributed by atoms with Crippen molar-refractivity contribution in [3.8, 4) is 17.2 Å². The van der Waals surface area contributed by atoms with Gasteiger partial charge in [-0.15, -0.1) is 0 Å². The van der Waals surface area contributed by atoms with Crippen LogP contribution in [-0.4, -0.2) is 76.3 Å². The van der Waals surface area contributed by atoms with Gasteiger partial charge in [-0.2, -0.15) is 0 Å². The molecule has 1 saturated heterocycles. The second-order valence-corrected chi connectivity index (χ2v) is 10.7. The first-order valence-electron chi connectivity index (χ1n) is 13.8.